The Morgan fingerprint density at radius 2 is 1.43 bits per heavy atom. The van der Waals surface area contributed by atoms with Crippen molar-refractivity contribution in [3.8, 4) is 11.1 Å². The molecule has 0 radical (unpaired) electrons. The first-order valence-corrected chi connectivity index (χ1v) is 24.5. The fourth-order valence-electron chi connectivity index (χ4n) is 7.73. The molecular weight excluding hydrogens is 545 g/mol. The van der Waals surface area contributed by atoms with E-state index in [9.17, 15) is 9.90 Å². The summed E-state index contributed by atoms with van der Waals surface area (Å²) < 4.78 is 0. The van der Waals surface area contributed by atoms with E-state index in [0.29, 0.717) is 11.5 Å². The number of carbonyl (C=O) groups is 1. The smallest absolute Gasteiger partial charge is 0.0721 e. The molecule has 0 saturated heterocycles. The largest absolute Gasteiger partial charge is 0.545 e. The fraction of sp³-hybridized carbons (Fsp3) is 0.658. The lowest BCUT2D eigenvalue weighted by Crippen LogP contribution is -2.37. The zero-order valence-electron chi connectivity index (χ0n) is 28.0. The van der Waals surface area contributed by atoms with Crippen LogP contribution in [-0.4, -0.2) is 22.1 Å². The summed E-state index contributed by atoms with van der Waals surface area (Å²) in [6.45, 7) is 14.9. The summed E-state index contributed by atoms with van der Waals surface area (Å²) in [5.74, 6) is 0.474. The second-order valence-corrected chi connectivity index (χ2v) is 26.9. The lowest BCUT2D eigenvalue weighted by Gasteiger charge is -2.29. The van der Waals surface area contributed by atoms with Gasteiger partial charge in [0.15, 0.2) is 0 Å². The van der Waals surface area contributed by atoms with Gasteiger partial charge in [0.05, 0.1) is 5.97 Å². The molecule has 234 valence electrons. The standard InChI is InChI=1S/C38H62O2Si2/c1-7-8-9-10-11-12-13-16-31-18-21-33(22-19-31)34-23-25-35(26-24-34)37-29-32(20-27-36(37)38(39)40)17-14-15-28-42(5,6)30-41(2,3)4/h20,23-27,29,31,33H,7-19,21-22,28,30H2,1-6H3,(H,39,40)/p-1. The summed E-state index contributed by atoms with van der Waals surface area (Å²) in [6, 6.07) is 16.1. The summed E-state index contributed by atoms with van der Waals surface area (Å²) in [7, 11) is -2.13. The molecule has 1 aliphatic carbocycles. The van der Waals surface area contributed by atoms with E-state index in [0.717, 1.165) is 23.5 Å². The molecule has 42 heavy (non-hydrogen) atoms. The molecule has 1 saturated carbocycles. The van der Waals surface area contributed by atoms with Crippen molar-refractivity contribution < 1.29 is 9.90 Å². The Labute approximate surface area is 261 Å². The molecule has 3 rings (SSSR count). The molecule has 0 spiro atoms. The summed E-state index contributed by atoms with van der Waals surface area (Å²) in [6.07, 6.45) is 20.0. The summed E-state index contributed by atoms with van der Waals surface area (Å²) in [5.41, 5.74) is 6.27. The van der Waals surface area contributed by atoms with Crippen molar-refractivity contribution >= 4 is 22.1 Å². The number of benzene rings is 2. The van der Waals surface area contributed by atoms with Crippen molar-refractivity contribution in [2.75, 3.05) is 0 Å². The number of carboxylic acids is 1. The molecule has 2 aromatic carbocycles. The average Bonchev–Trinajstić information content (AvgIpc) is 2.94. The third-order valence-electron chi connectivity index (χ3n) is 9.64. The highest BCUT2D eigenvalue weighted by Crippen LogP contribution is 2.38. The van der Waals surface area contributed by atoms with E-state index in [1.807, 2.05) is 6.07 Å². The van der Waals surface area contributed by atoms with Crippen molar-refractivity contribution in [1.29, 1.82) is 0 Å². The van der Waals surface area contributed by atoms with E-state index >= 15 is 0 Å². The maximum atomic E-state index is 12.0. The highest BCUT2D eigenvalue weighted by molar-refractivity contribution is 6.94. The van der Waals surface area contributed by atoms with Crippen molar-refractivity contribution in [2.24, 2.45) is 5.92 Å². The normalized spacial score (nSPS) is 17.9. The first-order valence-electron chi connectivity index (χ1n) is 17.4. The minimum Gasteiger partial charge on any atom is -0.545 e. The van der Waals surface area contributed by atoms with E-state index in [1.165, 1.54) is 113 Å². The Hall–Kier alpha value is -1.66. The monoisotopic (exact) mass is 605 g/mol. The van der Waals surface area contributed by atoms with Crippen molar-refractivity contribution in [3.05, 3.63) is 59.2 Å². The predicted octanol–water partition coefficient (Wildman–Crippen LogP) is 11.0. The lowest BCUT2D eigenvalue weighted by atomic mass is 9.77. The van der Waals surface area contributed by atoms with Gasteiger partial charge < -0.3 is 9.90 Å². The van der Waals surface area contributed by atoms with Crippen molar-refractivity contribution in [3.63, 3.8) is 0 Å². The molecular formula is C38H61O2Si2-. The van der Waals surface area contributed by atoms with Gasteiger partial charge in [-0.3, -0.25) is 0 Å². The van der Waals surface area contributed by atoms with Gasteiger partial charge in [-0.2, -0.15) is 0 Å². The molecule has 0 heterocycles. The summed E-state index contributed by atoms with van der Waals surface area (Å²) in [4.78, 5) is 12.0. The molecule has 1 fully saturated rings. The molecule has 2 nitrogen and oxygen atoms in total. The van der Waals surface area contributed by atoms with Gasteiger partial charge in [-0.25, -0.2) is 0 Å². The van der Waals surface area contributed by atoms with Crippen LogP contribution in [0.1, 0.15) is 124 Å². The summed E-state index contributed by atoms with van der Waals surface area (Å²) in [5, 5.41) is 12.0. The third kappa shape index (κ3) is 12.1. The van der Waals surface area contributed by atoms with Crippen LogP contribution in [0.15, 0.2) is 42.5 Å². The highest BCUT2D eigenvalue weighted by atomic mass is 28.4. The molecule has 0 aromatic heterocycles. The van der Waals surface area contributed by atoms with Crippen molar-refractivity contribution in [2.45, 2.75) is 154 Å². The van der Waals surface area contributed by atoms with E-state index in [-0.39, 0.29) is 0 Å². The Morgan fingerprint density at radius 3 is 2.05 bits per heavy atom. The van der Waals surface area contributed by atoms with Crippen molar-refractivity contribution in [1.82, 2.24) is 0 Å². The highest BCUT2D eigenvalue weighted by Gasteiger charge is 2.28. The van der Waals surface area contributed by atoms with Crippen LogP contribution in [-0.2, 0) is 6.42 Å². The second kappa shape index (κ2) is 17.0. The quantitative estimate of drug-likeness (QED) is 0.125. The number of carbonyl (C=O) groups excluding carboxylic acids is 1. The Bertz CT molecular complexity index is 1080. The Balaban J connectivity index is 1.52. The van der Waals surface area contributed by atoms with Crippen LogP contribution >= 0.6 is 0 Å². The van der Waals surface area contributed by atoms with E-state index in [2.05, 4.69) is 70.0 Å². The number of rotatable bonds is 18. The molecule has 2 aromatic rings. The number of aryl methyl sites for hydroxylation is 1. The molecule has 0 amide bonds. The third-order valence-corrected chi connectivity index (χ3v) is 19.4. The van der Waals surface area contributed by atoms with Crippen LogP contribution < -0.4 is 5.11 Å². The van der Waals surface area contributed by atoms with Gasteiger partial charge >= 0.3 is 0 Å². The van der Waals surface area contributed by atoms with Crippen LogP contribution in [0.5, 0.6) is 0 Å². The Kier molecular flexibility index (Phi) is 14.1. The SMILES string of the molecule is CCCCCCCCCC1CCC(c2ccc(-c3cc(CCCC[Si](C)(C)C[Si](C)(C)C)ccc3C(=O)[O-])cc2)CC1. The summed E-state index contributed by atoms with van der Waals surface area (Å²) >= 11 is 0. The Morgan fingerprint density at radius 1 is 0.786 bits per heavy atom. The zero-order chi connectivity index (χ0) is 30.6. The predicted molar refractivity (Wildman–Crippen MR) is 187 cm³/mol. The topological polar surface area (TPSA) is 40.1 Å². The number of hydrogen-bond acceptors (Lipinski definition) is 2. The van der Waals surface area contributed by atoms with Crippen LogP contribution in [0, 0.1) is 5.92 Å². The van der Waals surface area contributed by atoms with Crippen LogP contribution in [0.3, 0.4) is 0 Å². The van der Waals surface area contributed by atoms with Gasteiger partial charge in [0.1, 0.15) is 0 Å². The number of hydrogen-bond donors (Lipinski definition) is 0. The first kappa shape index (κ1) is 34.8. The second-order valence-electron chi connectivity index (χ2n) is 15.5. The molecule has 0 aliphatic heterocycles. The van der Waals surface area contributed by atoms with Gasteiger partial charge in [0.25, 0.3) is 0 Å². The molecule has 0 unspecified atom stereocenters. The lowest BCUT2D eigenvalue weighted by molar-refractivity contribution is -0.254. The van der Waals surface area contributed by atoms with Crippen LogP contribution in [0.4, 0.5) is 0 Å². The number of carboxylic acid groups (broad SMARTS) is 1. The van der Waals surface area contributed by atoms with E-state index in [1.54, 1.807) is 6.07 Å². The minimum atomic E-state index is -1.13. The molecule has 0 bridgehead atoms. The van der Waals surface area contributed by atoms with E-state index in [4.69, 9.17) is 0 Å². The van der Waals surface area contributed by atoms with Gasteiger partial charge in [-0.1, -0.05) is 152 Å². The number of aromatic carboxylic acids is 1. The maximum Gasteiger partial charge on any atom is 0.0721 e. The zero-order valence-corrected chi connectivity index (χ0v) is 30.0. The molecule has 4 heteroatoms. The van der Waals surface area contributed by atoms with E-state index < -0.39 is 22.1 Å². The van der Waals surface area contributed by atoms with Gasteiger partial charge in [0, 0.05) is 21.7 Å². The minimum absolute atomic E-state index is 0.307. The van der Waals surface area contributed by atoms with Gasteiger partial charge in [-0.15, -0.1) is 0 Å². The van der Waals surface area contributed by atoms with Gasteiger partial charge in [-0.05, 0) is 72.6 Å². The molecule has 0 atom stereocenters. The number of unbranched alkanes of at least 4 members (excludes halogenated alkanes) is 7. The van der Waals surface area contributed by atoms with Crippen LogP contribution in [0.2, 0.25) is 44.4 Å². The molecule has 1 aliphatic rings. The average molecular weight is 606 g/mol. The first-order chi connectivity index (χ1) is 20.0. The van der Waals surface area contributed by atoms with Crippen LogP contribution in [0.25, 0.3) is 11.1 Å². The fourth-order valence-corrected chi connectivity index (χ4v) is 21.1. The molecule has 0 N–H and O–H groups in total. The van der Waals surface area contributed by atoms with Gasteiger partial charge in [0.2, 0.25) is 0 Å². The maximum absolute atomic E-state index is 12.0.